The predicted molar refractivity (Wildman–Crippen MR) is 180 cm³/mol. The van der Waals surface area contributed by atoms with Crippen LogP contribution in [0.3, 0.4) is 0 Å². The normalized spacial score (nSPS) is 11.4. The summed E-state index contributed by atoms with van der Waals surface area (Å²) in [5, 5.41) is 17.8. The van der Waals surface area contributed by atoms with Crippen molar-refractivity contribution in [3.63, 3.8) is 0 Å². The molecule has 4 aromatic rings. The van der Waals surface area contributed by atoms with Crippen LogP contribution in [0.2, 0.25) is 0 Å². The van der Waals surface area contributed by atoms with Gasteiger partial charge in [-0.15, -0.1) is 21.9 Å². The van der Waals surface area contributed by atoms with Crippen LogP contribution >= 0.6 is 0 Å². The van der Waals surface area contributed by atoms with Gasteiger partial charge >= 0.3 is 0 Å². The second-order valence-corrected chi connectivity index (χ2v) is 15.2. The maximum atomic E-state index is 15.4. The van der Waals surface area contributed by atoms with E-state index in [0.717, 1.165) is 24.2 Å². The van der Waals surface area contributed by atoms with Crippen molar-refractivity contribution in [3.8, 4) is 12.1 Å². The summed E-state index contributed by atoms with van der Waals surface area (Å²) in [5.74, 6) is -70.5. The van der Waals surface area contributed by atoms with E-state index in [-0.39, 0.29) is 10.9 Å². The summed E-state index contributed by atoms with van der Waals surface area (Å²) in [6, 6.07) is 4.04. The molecular formula is C37H21BF20N2S. The zero-order chi connectivity index (χ0) is 46.7. The Bertz CT molecular complexity index is 2110. The lowest BCUT2D eigenvalue weighted by molar-refractivity contribution is 0.378. The van der Waals surface area contributed by atoms with Gasteiger partial charge < -0.3 is 0 Å². The van der Waals surface area contributed by atoms with Gasteiger partial charge in [0.05, 0.1) is 12.5 Å². The van der Waals surface area contributed by atoms with Gasteiger partial charge in [0.15, 0.2) is 69.8 Å². The third-order valence-corrected chi connectivity index (χ3v) is 10.0. The summed E-state index contributed by atoms with van der Waals surface area (Å²) in [7, 11) is 0.263. The first-order valence-corrected chi connectivity index (χ1v) is 18.9. The van der Waals surface area contributed by atoms with E-state index in [9.17, 15) is 52.7 Å². The van der Waals surface area contributed by atoms with Crippen LogP contribution in [0, 0.1) is 139 Å². The van der Waals surface area contributed by atoms with Gasteiger partial charge in [0.2, 0.25) is 0 Å². The molecule has 328 valence electrons. The SMILES string of the molecule is CCCCCCC(C[S+](C)C)=C(C#N)C#N.Fc1c(F)c(F)c([B-](c2c(F)c(F)c(F)c(F)c2F)(c2c(F)c(F)c(F)c(F)c2F)c2c(F)c(F)c(F)c(F)c2F)c(F)c1F. The van der Waals surface area contributed by atoms with Crippen molar-refractivity contribution < 1.29 is 87.8 Å². The molecule has 0 saturated heterocycles. The van der Waals surface area contributed by atoms with Gasteiger partial charge in [0, 0.05) is 5.57 Å². The Balaban J connectivity index is 0.000000525. The van der Waals surface area contributed by atoms with Crippen LogP contribution in [-0.2, 0) is 10.9 Å². The van der Waals surface area contributed by atoms with E-state index in [1.165, 1.54) is 19.3 Å². The maximum absolute atomic E-state index is 15.4. The monoisotopic (exact) mass is 916 g/mol. The number of halogens is 20. The molecule has 4 rings (SSSR count). The highest BCUT2D eigenvalue weighted by Gasteiger charge is 2.52. The van der Waals surface area contributed by atoms with E-state index < -0.39 is 144 Å². The minimum Gasteiger partial charge on any atom is -0.207 e. The van der Waals surface area contributed by atoms with E-state index in [1.54, 1.807) is 0 Å². The molecule has 0 heterocycles. The summed E-state index contributed by atoms with van der Waals surface area (Å²) in [6.45, 7) is 2.18. The lowest BCUT2D eigenvalue weighted by atomic mass is 9.12. The van der Waals surface area contributed by atoms with Crippen LogP contribution in [-0.4, -0.2) is 24.4 Å². The Kier molecular flexibility index (Phi) is 16.0. The topological polar surface area (TPSA) is 47.6 Å². The predicted octanol–water partition coefficient (Wildman–Crippen LogP) is 9.02. The number of unbranched alkanes of at least 4 members (excludes halogenated alkanes) is 3. The Hall–Kier alpha value is -5.39. The standard InChI is InChI=1S/C24BF20.C13H21N2S/c26-5-1(6(27)14(35)21(42)13(5)34)25(2-7(28)15(36)22(43)16(37)8(2)29,3-9(30)17(38)23(44)18(39)10(3)31)4-11(32)19(40)24(45)20(41)12(4)33;1-4-5-6-7-8-12(11-16(2)3)13(9-14)10-15/h;4-8,11H2,1-3H3/q-1;+1. The molecule has 0 bridgehead atoms. The highest BCUT2D eigenvalue weighted by Crippen LogP contribution is 2.31. The number of hydrogen-bond acceptors (Lipinski definition) is 2. The molecule has 0 saturated carbocycles. The quantitative estimate of drug-likeness (QED) is 0.0287. The van der Waals surface area contributed by atoms with Crippen molar-refractivity contribution in [2.45, 2.75) is 39.0 Å². The molecule has 0 atom stereocenters. The number of benzene rings is 4. The number of nitriles is 2. The Labute approximate surface area is 334 Å². The van der Waals surface area contributed by atoms with E-state index in [4.69, 9.17) is 10.5 Å². The van der Waals surface area contributed by atoms with Crippen molar-refractivity contribution >= 4 is 38.9 Å². The first-order valence-electron chi connectivity index (χ1n) is 16.7. The summed E-state index contributed by atoms with van der Waals surface area (Å²) in [6.07, 6.45) is 2.77. The Morgan fingerprint density at radius 2 is 0.623 bits per heavy atom. The second-order valence-electron chi connectivity index (χ2n) is 12.9. The smallest absolute Gasteiger partial charge is 0.200 e. The average Bonchev–Trinajstić information content (AvgIpc) is 3.22. The summed E-state index contributed by atoms with van der Waals surface area (Å²) in [4.78, 5) is 0. The zero-order valence-electron chi connectivity index (χ0n) is 30.7. The van der Waals surface area contributed by atoms with Crippen molar-refractivity contribution in [1.82, 2.24) is 0 Å². The van der Waals surface area contributed by atoms with Gasteiger partial charge in [-0.1, -0.05) is 26.2 Å². The van der Waals surface area contributed by atoms with Crippen molar-refractivity contribution in [1.29, 1.82) is 10.5 Å². The second kappa shape index (κ2) is 19.5. The molecule has 4 aromatic carbocycles. The van der Waals surface area contributed by atoms with Gasteiger partial charge in [0.1, 0.15) is 76.1 Å². The molecule has 2 nitrogen and oxygen atoms in total. The average molecular weight is 916 g/mol. The molecule has 0 unspecified atom stereocenters. The number of rotatable bonds is 11. The summed E-state index contributed by atoms with van der Waals surface area (Å²) >= 11 is 0. The fraction of sp³-hybridized carbons (Fsp3) is 0.243. The lowest BCUT2D eigenvalue weighted by Gasteiger charge is -2.44. The highest BCUT2D eigenvalue weighted by atomic mass is 32.2. The van der Waals surface area contributed by atoms with Gasteiger partial charge in [-0.2, -0.15) is 10.5 Å². The lowest BCUT2D eigenvalue weighted by Crippen LogP contribution is -2.81. The minimum absolute atomic E-state index is 0.263. The molecule has 0 aromatic heterocycles. The van der Waals surface area contributed by atoms with Gasteiger partial charge in [-0.05, 0) is 23.7 Å². The molecule has 0 spiro atoms. The Morgan fingerprint density at radius 3 is 0.820 bits per heavy atom. The van der Waals surface area contributed by atoms with E-state index in [0.29, 0.717) is 5.57 Å². The molecular weight excluding hydrogens is 895 g/mol. The zero-order valence-corrected chi connectivity index (χ0v) is 31.5. The molecule has 0 aliphatic carbocycles. The first kappa shape index (κ1) is 50.0. The van der Waals surface area contributed by atoms with Crippen molar-refractivity contribution in [3.05, 3.63) is 127 Å². The minimum atomic E-state index is -7.22. The van der Waals surface area contributed by atoms with Crippen LogP contribution in [0.1, 0.15) is 39.0 Å². The largest absolute Gasteiger partial charge is 0.207 e. The number of hydrogen-bond donors (Lipinski definition) is 0. The van der Waals surface area contributed by atoms with Crippen LogP contribution in [0.4, 0.5) is 87.8 Å². The van der Waals surface area contributed by atoms with Crippen molar-refractivity contribution in [2.75, 3.05) is 18.3 Å². The molecule has 0 radical (unpaired) electrons. The van der Waals surface area contributed by atoms with E-state index >= 15 is 35.1 Å². The Morgan fingerprint density at radius 1 is 0.393 bits per heavy atom. The van der Waals surface area contributed by atoms with Crippen molar-refractivity contribution in [2.24, 2.45) is 0 Å². The third-order valence-electron chi connectivity index (χ3n) is 9.08. The third kappa shape index (κ3) is 8.60. The highest BCUT2D eigenvalue weighted by molar-refractivity contribution is 7.95. The van der Waals surface area contributed by atoms with Crippen LogP contribution in [0.25, 0.3) is 0 Å². The molecule has 0 aliphatic heterocycles. The molecule has 0 aliphatic rings. The fourth-order valence-corrected chi connectivity index (χ4v) is 7.43. The molecule has 24 heteroatoms. The van der Waals surface area contributed by atoms with Gasteiger partial charge in [0.25, 0.3) is 0 Å². The number of nitrogens with zero attached hydrogens (tertiary/aromatic N) is 2. The molecule has 0 fully saturated rings. The maximum Gasteiger partial charge on any atom is 0.200 e. The number of allylic oxidation sites excluding steroid dienone is 1. The van der Waals surface area contributed by atoms with Crippen LogP contribution in [0.5, 0.6) is 0 Å². The molecule has 0 N–H and O–H groups in total. The summed E-state index contributed by atoms with van der Waals surface area (Å²) < 4.78 is 294. The van der Waals surface area contributed by atoms with Gasteiger partial charge in [-0.3, -0.25) is 0 Å². The first-order chi connectivity index (χ1) is 28.4. The molecule has 61 heavy (non-hydrogen) atoms. The van der Waals surface area contributed by atoms with Gasteiger partial charge in [-0.25, -0.2) is 87.8 Å². The van der Waals surface area contributed by atoms with Crippen LogP contribution < -0.4 is 21.9 Å². The summed E-state index contributed by atoms with van der Waals surface area (Å²) in [5.41, 5.74) is -12.9. The van der Waals surface area contributed by atoms with E-state index in [2.05, 4.69) is 19.4 Å². The van der Waals surface area contributed by atoms with Crippen LogP contribution in [0.15, 0.2) is 11.1 Å². The molecule has 0 amide bonds. The van der Waals surface area contributed by atoms with E-state index in [1.807, 2.05) is 12.1 Å². The fourth-order valence-electron chi connectivity index (χ4n) is 6.44.